The monoisotopic (exact) mass is 862 g/mol. The molecule has 5 fully saturated rings. The molecule has 320 valence electrons. The van der Waals surface area contributed by atoms with Gasteiger partial charge >= 0.3 is 11.9 Å². The zero-order valence-corrected chi connectivity index (χ0v) is 34.5. The number of carbonyl (C=O) groups is 2. The molecule has 1 saturated heterocycles. The fourth-order valence-corrected chi connectivity index (χ4v) is 12.9. The van der Waals surface area contributed by atoms with Crippen LogP contribution in [0.2, 0.25) is 0 Å². The van der Waals surface area contributed by atoms with Crippen LogP contribution in [0.15, 0.2) is 41.3 Å². The number of fused-ring (bicyclic) bond motifs is 3. The van der Waals surface area contributed by atoms with Gasteiger partial charge in [-0.15, -0.1) is 8.67 Å². The molecule has 1 spiro atoms. The molecule has 4 saturated carbocycles. The smallest absolute Gasteiger partial charge is 0.306 e. The number of carbonyl (C=O) groups excluding carboxylic acids is 1. The van der Waals surface area contributed by atoms with Crippen molar-refractivity contribution in [3.63, 3.8) is 0 Å². The molecule has 8 unspecified atom stereocenters. The van der Waals surface area contributed by atoms with Gasteiger partial charge in [0.2, 0.25) is 0 Å². The predicted molar refractivity (Wildman–Crippen MR) is 195 cm³/mol. The Kier molecular flexibility index (Phi) is 14.4. The zero-order chi connectivity index (χ0) is 41.3. The molecule has 2 N–H and O–H groups in total. The number of carboxylic acid groups (broad SMARTS) is 1. The first-order chi connectivity index (χ1) is 27.0. The highest BCUT2D eigenvalue weighted by Crippen LogP contribution is 2.70. The molecule has 5 aliphatic rings. The number of carboxylic acids is 1. The quantitative estimate of drug-likeness (QED) is 0.0434. The highest BCUT2D eigenvalue weighted by Gasteiger charge is 2.67. The maximum atomic E-state index is 13.9. The van der Waals surface area contributed by atoms with Crippen LogP contribution in [-0.4, -0.2) is 79.2 Å². The first-order valence-electron chi connectivity index (χ1n) is 19.0. The lowest BCUT2D eigenvalue weighted by molar-refractivity contribution is -0.778. The van der Waals surface area contributed by atoms with Gasteiger partial charge in [0.1, 0.15) is 18.3 Å². The van der Waals surface area contributed by atoms with Crippen molar-refractivity contribution in [1.29, 1.82) is 0 Å². The first-order valence-corrected chi connectivity index (χ1v) is 22.0. The van der Waals surface area contributed by atoms with Gasteiger partial charge < -0.3 is 34.9 Å². The fourth-order valence-electron chi connectivity index (χ4n) is 10.7. The number of aliphatic hydroxyl groups excluding tert-OH is 1. The van der Waals surface area contributed by atoms with E-state index in [-0.39, 0.29) is 66.1 Å². The SMILES string of the molecule is C=C1C2CCC3C4(C)CC(O[C@H]5O[C@H](CS(=O)(=O)c6ccc(C)cc6)[C@@H](OSOO[O-])[C@@H](OSOO[O-])C5OC(=O)CC(C)C)CC(C(=O)O)C4CCC3(C2)[C@H]1O. The summed E-state index contributed by atoms with van der Waals surface area (Å²) >= 11 is 0.0569. The van der Waals surface area contributed by atoms with Gasteiger partial charge in [0.15, 0.2) is 46.9 Å². The Morgan fingerprint density at radius 3 is 2.32 bits per heavy atom. The number of benzene rings is 1. The fraction of sp³-hybridized carbons (Fsp3) is 0.730. The lowest BCUT2D eigenvalue weighted by Gasteiger charge is -2.62. The number of aliphatic carboxylic acids is 1. The van der Waals surface area contributed by atoms with Gasteiger partial charge in [-0.1, -0.05) is 45.0 Å². The molecule has 20 heteroatoms. The van der Waals surface area contributed by atoms with E-state index in [4.69, 9.17) is 22.6 Å². The third kappa shape index (κ3) is 9.24. The Morgan fingerprint density at radius 2 is 1.68 bits per heavy atom. The van der Waals surface area contributed by atoms with E-state index in [0.29, 0.717) is 19.3 Å². The molecule has 2 bridgehead atoms. The van der Waals surface area contributed by atoms with Crippen LogP contribution < -0.4 is 10.5 Å². The van der Waals surface area contributed by atoms with Crippen molar-refractivity contribution in [2.24, 2.45) is 40.4 Å². The zero-order valence-electron chi connectivity index (χ0n) is 32.1. The molecule has 0 radical (unpaired) electrons. The normalized spacial score (nSPS) is 37.8. The van der Waals surface area contributed by atoms with Crippen molar-refractivity contribution in [2.75, 3.05) is 5.75 Å². The van der Waals surface area contributed by atoms with Crippen LogP contribution in [0.4, 0.5) is 0 Å². The van der Waals surface area contributed by atoms with E-state index in [1.807, 2.05) is 0 Å². The van der Waals surface area contributed by atoms with Crippen molar-refractivity contribution >= 4 is 46.4 Å². The second-order valence-corrected chi connectivity index (χ2v) is 19.7. The van der Waals surface area contributed by atoms with Crippen molar-refractivity contribution in [3.05, 3.63) is 42.0 Å². The van der Waals surface area contributed by atoms with E-state index in [9.17, 15) is 38.7 Å². The topological polar surface area (TPSA) is 238 Å². The van der Waals surface area contributed by atoms with E-state index in [1.165, 1.54) is 12.1 Å². The summed E-state index contributed by atoms with van der Waals surface area (Å²) in [5, 5.41) is 50.7. The Hall–Kier alpha value is -1.89. The third-order valence-corrected chi connectivity index (χ3v) is 15.6. The molecule has 1 aromatic rings. The first kappa shape index (κ1) is 44.7. The molecule has 1 heterocycles. The van der Waals surface area contributed by atoms with E-state index in [1.54, 1.807) is 32.9 Å². The van der Waals surface area contributed by atoms with Gasteiger partial charge in [-0.25, -0.2) is 8.42 Å². The molecular formula is C37H50O17S3-2. The van der Waals surface area contributed by atoms with E-state index in [2.05, 4.69) is 32.2 Å². The minimum absolute atomic E-state index is 0.0242. The summed E-state index contributed by atoms with van der Waals surface area (Å²) in [6, 6.07) is 6.09. The van der Waals surface area contributed by atoms with Crippen LogP contribution >= 0.6 is 24.6 Å². The van der Waals surface area contributed by atoms with Gasteiger partial charge in [-0.05, 0) is 98.7 Å². The number of aliphatic hydroxyl groups is 1. The summed E-state index contributed by atoms with van der Waals surface area (Å²) in [6.45, 7) is 11.7. The number of hydrogen-bond donors (Lipinski definition) is 2. The summed E-state index contributed by atoms with van der Waals surface area (Å²) in [6.07, 6.45) is -5.26. The van der Waals surface area contributed by atoms with Gasteiger partial charge in [0.25, 0.3) is 0 Å². The average Bonchev–Trinajstić information content (AvgIpc) is 3.32. The molecule has 17 nitrogen and oxygen atoms in total. The van der Waals surface area contributed by atoms with Crippen LogP contribution in [0.5, 0.6) is 0 Å². The lowest BCUT2D eigenvalue weighted by atomic mass is 9.43. The Labute approximate surface area is 340 Å². The Morgan fingerprint density at radius 1 is 1.02 bits per heavy atom. The standard InChI is InChI=1S/C37H52O17S3/c1-19(2)14-29(38)48-32-31(50-56-54-52-43)30(49-55-53-51-42)27(18-57(44,45)24-9-6-20(3)7-10-24)47-35(32)46-23-15-25(34(40)41)26-12-13-37-16-22(21(4)33(37)39)8-11-28(37)36(26,5)17-23/h6-7,9-10,19,22-23,25-28,30-33,35,39,42-43H,4,8,11-18H2,1-3,5H3,(H,40,41)/p-2/t22?,23?,25?,26?,27-,28?,30-,31-,32?,33+,35+,36?,37?/m1/s1. The average molecular weight is 863 g/mol. The summed E-state index contributed by atoms with van der Waals surface area (Å²) < 4.78 is 66.9. The Bertz CT molecular complexity index is 1700. The molecule has 13 atom stereocenters. The van der Waals surface area contributed by atoms with Crippen LogP contribution in [-0.2, 0) is 60.7 Å². The summed E-state index contributed by atoms with van der Waals surface area (Å²) in [7, 11) is -4.16. The molecule has 0 aromatic heterocycles. The third-order valence-electron chi connectivity index (χ3n) is 13.0. The van der Waals surface area contributed by atoms with Crippen molar-refractivity contribution in [1.82, 2.24) is 0 Å². The van der Waals surface area contributed by atoms with E-state index in [0.717, 1.165) is 30.4 Å². The minimum atomic E-state index is -4.16. The summed E-state index contributed by atoms with van der Waals surface area (Å²) in [4.78, 5) is 26.4. The maximum absolute atomic E-state index is 13.9. The minimum Gasteiger partial charge on any atom is -0.691 e. The number of sulfone groups is 1. The summed E-state index contributed by atoms with van der Waals surface area (Å²) in [5.74, 6) is -3.53. The number of esters is 1. The van der Waals surface area contributed by atoms with E-state index >= 15 is 0 Å². The number of ether oxygens (including phenoxy) is 3. The Balaban J connectivity index is 1.38. The highest BCUT2D eigenvalue weighted by molar-refractivity contribution is 7.91. The molecular weight excluding hydrogens is 813 g/mol. The van der Waals surface area contributed by atoms with Crippen molar-refractivity contribution < 1.29 is 80.1 Å². The molecule has 1 aromatic carbocycles. The molecule has 1 aliphatic heterocycles. The molecule has 57 heavy (non-hydrogen) atoms. The predicted octanol–water partition coefficient (Wildman–Crippen LogP) is 3.42. The van der Waals surface area contributed by atoms with Crippen LogP contribution in [0.1, 0.15) is 77.7 Å². The highest BCUT2D eigenvalue weighted by atomic mass is 32.2. The van der Waals surface area contributed by atoms with Gasteiger partial charge in [-0.3, -0.25) is 28.0 Å². The number of aryl methyl sites for hydroxylation is 1. The van der Waals surface area contributed by atoms with Gasteiger partial charge in [0, 0.05) is 11.8 Å². The second-order valence-electron chi connectivity index (χ2n) is 16.8. The van der Waals surface area contributed by atoms with Crippen molar-refractivity contribution in [2.45, 2.75) is 127 Å². The lowest BCUT2D eigenvalue weighted by Crippen LogP contribution is -2.63. The molecule has 4 aliphatic carbocycles. The molecule has 0 amide bonds. The van der Waals surface area contributed by atoms with Gasteiger partial charge in [-0.2, -0.15) is 0 Å². The van der Waals surface area contributed by atoms with Crippen LogP contribution in [0, 0.1) is 47.3 Å². The number of hydrogen-bond acceptors (Lipinski definition) is 18. The van der Waals surface area contributed by atoms with Crippen LogP contribution in [0.25, 0.3) is 0 Å². The second kappa shape index (κ2) is 18.4. The van der Waals surface area contributed by atoms with Crippen LogP contribution in [0.3, 0.4) is 0 Å². The number of rotatable bonds is 17. The maximum Gasteiger partial charge on any atom is 0.306 e. The van der Waals surface area contributed by atoms with Crippen molar-refractivity contribution in [3.8, 4) is 0 Å². The van der Waals surface area contributed by atoms with E-state index < -0.39 is 87.2 Å². The molecule has 6 rings (SSSR count). The summed E-state index contributed by atoms with van der Waals surface area (Å²) in [5.41, 5.74) is 0.591. The largest absolute Gasteiger partial charge is 0.691 e. The van der Waals surface area contributed by atoms with Gasteiger partial charge in [0.05, 0.1) is 28.8 Å².